The molecule has 4 heteroatoms. The van der Waals surface area contributed by atoms with Gasteiger partial charge in [0.1, 0.15) is 17.2 Å². The summed E-state index contributed by atoms with van der Waals surface area (Å²) in [7, 11) is -1.61. The highest BCUT2D eigenvalue weighted by Gasteiger charge is 2.50. The fourth-order valence-corrected chi connectivity index (χ4v) is 6.66. The molecule has 0 fully saturated rings. The maximum absolute atomic E-state index is 6.47. The standard InChI is InChI=1S/C25H23O3P/c1-16-6-3-7-17(2)24(16)28-29-26-20-10-4-8-18-12-14-25(22(18)20)15-13-19-9-5-11-21(27-29)23(19)25/h3-11H,12-15H2,1-2H3. The van der Waals surface area contributed by atoms with Crippen molar-refractivity contribution in [2.45, 2.75) is 44.9 Å². The van der Waals surface area contributed by atoms with Crippen LogP contribution >= 0.6 is 8.60 Å². The van der Waals surface area contributed by atoms with Crippen molar-refractivity contribution in [3.8, 4) is 17.2 Å². The molecule has 1 spiro atoms. The van der Waals surface area contributed by atoms with Crippen molar-refractivity contribution in [1.82, 2.24) is 0 Å². The first-order valence-electron chi connectivity index (χ1n) is 10.3. The summed E-state index contributed by atoms with van der Waals surface area (Å²) < 4.78 is 19.3. The second-order valence-electron chi connectivity index (χ2n) is 8.38. The van der Waals surface area contributed by atoms with E-state index >= 15 is 0 Å². The molecule has 0 bridgehead atoms. The normalized spacial score (nSPS) is 18.1. The summed E-state index contributed by atoms with van der Waals surface area (Å²) in [6.45, 7) is 4.13. The number of benzene rings is 3. The van der Waals surface area contributed by atoms with E-state index in [1.165, 1.54) is 22.3 Å². The lowest BCUT2D eigenvalue weighted by atomic mass is 9.76. The molecule has 3 aromatic carbocycles. The van der Waals surface area contributed by atoms with Crippen LogP contribution in [-0.2, 0) is 18.3 Å². The van der Waals surface area contributed by atoms with Crippen LogP contribution in [0.2, 0.25) is 0 Å². The van der Waals surface area contributed by atoms with Crippen molar-refractivity contribution in [3.05, 3.63) is 88.0 Å². The van der Waals surface area contributed by atoms with E-state index in [9.17, 15) is 0 Å². The van der Waals surface area contributed by atoms with Gasteiger partial charge in [-0.1, -0.05) is 42.5 Å². The van der Waals surface area contributed by atoms with Crippen LogP contribution in [0.1, 0.15) is 46.2 Å². The Balaban J connectivity index is 1.52. The highest BCUT2D eigenvalue weighted by molar-refractivity contribution is 7.43. The fourth-order valence-electron chi connectivity index (χ4n) is 5.49. The molecule has 1 heterocycles. The molecule has 3 aliphatic rings. The van der Waals surface area contributed by atoms with Crippen molar-refractivity contribution in [2.24, 2.45) is 0 Å². The van der Waals surface area contributed by atoms with Crippen molar-refractivity contribution in [1.29, 1.82) is 0 Å². The molecular weight excluding hydrogens is 379 g/mol. The zero-order valence-electron chi connectivity index (χ0n) is 16.7. The summed E-state index contributed by atoms with van der Waals surface area (Å²) in [5.74, 6) is 2.71. The van der Waals surface area contributed by atoms with Crippen LogP contribution in [0.4, 0.5) is 0 Å². The molecule has 2 aliphatic carbocycles. The largest absolute Gasteiger partial charge is 0.530 e. The Bertz CT molecular complexity index is 1050. The van der Waals surface area contributed by atoms with E-state index in [4.69, 9.17) is 13.6 Å². The van der Waals surface area contributed by atoms with Gasteiger partial charge in [-0.15, -0.1) is 0 Å². The molecule has 3 aromatic rings. The van der Waals surface area contributed by atoms with Crippen LogP contribution in [0.25, 0.3) is 0 Å². The van der Waals surface area contributed by atoms with Gasteiger partial charge in [-0.2, -0.15) is 0 Å². The van der Waals surface area contributed by atoms with Gasteiger partial charge in [-0.3, -0.25) is 0 Å². The first-order chi connectivity index (χ1) is 14.2. The quantitative estimate of drug-likeness (QED) is 0.455. The van der Waals surface area contributed by atoms with E-state index in [0.717, 1.165) is 54.1 Å². The highest BCUT2D eigenvalue weighted by atomic mass is 31.2. The number of hydrogen-bond donors (Lipinski definition) is 0. The molecule has 0 saturated carbocycles. The van der Waals surface area contributed by atoms with Crippen molar-refractivity contribution >= 4 is 8.60 Å². The van der Waals surface area contributed by atoms with Crippen LogP contribution in [-0.4, -0.2) is 0 Å². The van der Waals surface area contributed by atoms with E-state index in [2.05, 4.69) is 62.4 Å². The minimum atomic E-state index is -1.61. The van der Waals surface area contributed by atoms with Gasteiger partial charge in [-0.25, -0.2) is 0 Å². The number of aryl methyl sites for hydroxylation is 4. The van der Waals surface area contributed by atoms with E-state index in [-0.39, 0.29) is 5.41 Å². The van der Waals surface area contributed by atoms with Crippen LogP contribution in [0.5, 0.6) is 17.2 Å². The molecule has 1 aliphatic heterocycles. The molecule has 0 aromatic heterocycles. The molecule has 3 nitrogen and oxygen atoms in total. The summed E-state index contributed by atoms with van der Waals surface area (Å²) in [5, 5.41) is 0. The Labute approximate surface area is 172 Å². The predicted octanol–water partition coefficient (Wildman–Crippen LogP) is 6.56. The van der Waals surface area contributed by atoms with E-state index in [1.807, 2.05) is 6.07 Å². The third kappa shape index (κ3) is 2.47. The van der Waals surface area contributed by atoms with E-state index < -0.39 is 8.60 Å². The molecule has 0 saturated heterocycles. The van der Waals surface area contributed by atoms with Crippen LogP contribution < -0.4 is 13.6 Å². The number of rotatable bonds is 2. The lowest BCUT2D eigenvalue weighted by Crippen LogP contribution is -2.24. The summed E-state index contributed by atoms with van der Waals surface area (Å²) in [4.78, 5) is 0. The average Bonchev–Trinajstić information content (AvgIpc) is 3.27. The second kappa shape index (κ2) is 6.24. The maximum atomic E-state index is 6.47. The summed E-state index contributed by atoms with van der Waals surface area (Å²) in [5.41, 5.74) is 7.76. The van der Waals surface area contributed by atoms with Gasteiger partial charge >= 0.3 is 8.60 Å². The third-order valence-corrected chi connectivity index (χ3v) is 7.77. The van der Waals surface area contributed by atoms with Gasteiger partial charge in [0, 0.05) is 16.5 Å². The van der Waals surface area contributed by atoms with E-state index in [1.54, 1.807) is 0 Å². The minimum absolute atomic E-state index is 0.0257. The molecule has 146 valence electrons. The molecular formula is C25H23O3P. The molecule has 29 heavy (non-hydrogen) atoms. The molecule has 0 radical (unpaired) electrons. The fraction of sp³-hybridized carbons (Fsp3) is 0.280. The molecule has 6 rings (SSSR count). The van der Waals surface area contributed by atoms with E-state index in [0.29, 0.717) is 0 Å². The minimum Gasteiger partial charge on any atom is -0.408 e. The smallest absolute Gasteiger partial charge is 0.408 e. The summed E-state index contributed by atoms with van der Waals surface area (Å²) >= 11 is 0. The maximum Gasteiger partial charge on any atom is 0.530 e. The highest BCUT2D eigenvalue weighted by Crippen LogP contribution is 2.61. The van der Waals surface area contributed by atoms with Gasteiger partial charge < -0.3 is 13.6 Å². The molecule has 0 N–H and O–H groups in total. The second-order valence-corrected chi connectivity index (χ2v) is 9.38. The third-order valence-electron chi connectivity index (χ3n) is 6.74. The first-order valence-corrected chi connectivity index (χ1v) is 11.4. The lowest BCUT2D eigenvalue weighted by molar-refractivity contribution is 0.362. The van der Waals surface area contributed by atoms with Crippen LogP contribution in [0, 0.1) is 13.8 Å². The first kappa shape index (κ1) is 17.4. The van der Waals surface area contributed by atoms with Gasteiger partial charge in [0.15, 0.2) is 0 Å². The Morgan fingerprint density at radius 3 is 1.83 bits per heavy atom. The Hall–Kier alpha value is -2.51. The summed E-state index contributed by atoms with van der Waals surface area (Å²) in [6, 6.07) is 19.1. The van der Waals surface area contributed by atoms with Gasteiger partial charge in [-0.05, 0) is 73.9 Å². The average molecular weight is 402 g/mol. The SMILES string of the molecule is Cc1cccc(C)c1OP1Oc2cccc3c2C2(CC3)CCc3cccc(c32)O1. The van der Waals surface area contributed by atoms with Crippen molar-refractivity contribution < 1.29 is 13.6 Å². The van der Waals surface area contributed by atoms with Gasteiger partial charge in [0.05, 0.1) is 0 Å². The van der Waals surface area contributed by atoms with Crippen molar-refractivity contribution in [3.63, 3.8) is 0 Å². The number of para-hydroxylation sites is 1. The van der Waals surface area contributed by atoms with Crippen LogP contribution in [0.15, 0.2) is 54.6 Å². The zero-order valence-corrected chi connectivity index (χ0v) is 17.6. The monoisotopic (exact) mass is 402 g/mol. The Morgan fingerprint density at radius 2 is 1.28 bits per heavy atom. The predicted molar refractivity (Wildman–Crippen MR) is 115 cm³/mol. The Kier molecular flexibility index (Phi) is 3.74. The van der Waals surface area contributed by atoms with Gasteiger partial charge in [0.25, 0.3) is 0 Å². The summed E-state index contributed by atoms with van der Waals surface area (Å²) in [6.07, 6.45) is 4.45. The number of hydrogen-bond acceptors (Lipinski definition) is 3. The topological polar surface area (TPSA) is 27.7 Å². The van der Waals surface area contributed by atoms with Crippen LogP contribution in [0.3, 0.4) is 0 Å². The van der Waals surface area contributed by atoms with Crippen molar-refractivity contribution in [2.75, 3.05) is 0 Å². The Morgan fingerprint density at radius 1 is 0.759 bits per heavy atom. The molecule has 0 amide bonds. The molecule has 0 atom stereocenters. The zero-order chi connectivity index (χ0) is 19.6. The lowest BCUT2D eigenvalue weighted by Gasteiger charge is -2.33. The van der Waals surface area contributed by atoms with Gasteiger partial charge in [0.2, 0.25) is 0 Å². The molecule has 0 unspecified atom stereocenters.